The number of anilines is 4. The Hall–Kier alpha value is -2.85. The molecule has 0 unspecified atom stereocenters. The summed E-state index contributed by atoms with van der Waals surface area (Å²) in [6.07, 6.45) is 6.21. The van der Waals surface area contributed by atoms with Gasteiger partial charge in [0.05, 0.1) is 11.9 Å². The van der Waals surface area contributed by atoms with Crippen LogP contribution in [0.4, 0.5) is 23.0 Å². The summed E-state index contributed by atoms with van der Waals surface area (Å²) in [5.41, 5.74) is 9.30. The van der Waals surface area contributed by atoms with Gasteiger partial charge in [-0.1, -0.05) is 0 Å². The van der Waals surface area contributed by atoms with Crippen molar-refractivity contribution in [3.05, 3.63) is 42.1 Å². The Labute approximate surface area is 181 Å². The van der Waals surface area contributed by atoms with Crippen molar-refractivity contribution in [2.45, 2.75) is 37.1 Å². The molecule has 31 heavy (non-hydrogen) atoms. The average molecular weight is 442 g/mol. The molecule has 1 aliphatic heterocycles. The molecule has 1 aliphatic carbocycles. The number of sulfone groups is 1. The highest BCUT2D eigenvalue weighted by Gasteiger charge is 2.24. The monoisotopic (exact) mass is 441 g/mol. The highest BCUT2D eigenvalue weighted by Crippen LogP contribution is 2.31. The zero-order valence-electron chi connectivity index (χ0n) is 17.5. The molecule has 1 saturated carbocycles. The Bertz CT molecular complexity index is 1220. The van der Waals surface area contributed by atoms with Gasteiger partial charge in [-0.2, -0.15) is 9.61 Å². The van der Waals surface area contributed by atoms with Gasteiger partial charge >= 0.3 is 0 Å². The summed E-state index contributed by atoms with van der Waals surface area (Å²) >= 11 is 0. The first-order chi connectivity index (χ1) is 14.8. The SMILES string of the molecule is CS(=O)(=O)Cc1cc(Nc2cc(NC3CC3)n3nccc3n2)ccc1N1CC[C@H](N)C1. The van der Waals surface area contributed by atoms with E-state index >= 15 is 0 Å². The van der Waals surface area contributed by atoms with Gasteiger partial charge in [0.25, 0.3) is 0 Å². The first kappa shape index (κ1) is 20.1. The number of fused-ring (bicyclic) bond motifs is 1. The zero-order chi connectivity index (χ0) is 21.6. The molecule has 3 aromatic rings. The van der Waals surface area contributed by atoms with Crippen LogP contribution in [-0.2, 0) is 15.6 Å². The van der Waals surface area contributed by atoms with E-state index in [1.807, 2.05) is 30.3 Å². The van der Waals surface area contributed by atoms with Crippen LogP contribution in [0.25, 0.3) is 5.65 Å². The molecule has 0 amide bonds. The Balaban J connectivity index is 1.46. The second-order valence-electron chi connectivity index (χ2n) is 8.58. The minimum absolute atomic E-state index is 0.0207. The molecule has 1 saturated heterocycles. The van der Waals surface area contributed by atoms with E-state index in [1.165, 1.54) is 6.26 Å². The van der Waals surface area contributed by atoms with Crippen molar-refractivity contribution in [1.29, 1.82) is 0 Å². The Morgan fingerprint density at radius 3 is 2.74 bits per heavy atom. The predicted molar refractivity (Wildman–Crippen MR) is 123 cm³/mol. The summed E-state index contributed by atoms with van der Waals surface area (Å²) in [4.78, 5) is 6.81. The van der Waals surface area contributed by atoms with Gasteiger partial charge in [0.1, 0.15) is 11.6 Å². The van der Waals surface area contributed by atoms with E-state index < -0.39 is 9.84 Å². The number of aromatic nitrogens is 3. The number of benzene rings is 1. The largest absolute Gasteiger partial charge is 0.370 e. The smallest absolute Gasteiger partial charge is 0.159 e. The van der Waals surface area contributed by atoms with Crippen LogP contribution in [0.15, 0.2) is 36.5 Å². The van der Waals surface area contributed by atoms with Crippen LogP contribution in [0.1, 0.15) is 24.8 Å². The summed E-state index contributed by atoms with van der Waals surface area (Å²) in [5, 5.41) is 11.2. The Kier molecular flexibility index (Phi) is 4.98. The molecule has 2 aromatic heterocycles. The highest BCUT2D eigenvalue weighted by atomic mass is 32.2. The summed E-state index contributed by atoms with van der Waals surface area (Å²) in [6.45, 7) is 1.57. The molecule has 2 aliphatic rings. The van der Waals surface area contributed by atoms with E-state index in [4.69, 9.17) is 5.73 Å². The second kappa shape index (κ2) is 7.69. The molecule has 3 heterocycles. The van der Waals surface area contributed by atoms with E-state index in [-0.39, 0.29) is 11.8 Å². The van der Waals surface area contributed by atoms with Gasteiger partial charge in [0, 0.05) is 54.9 Å². The standard InChI is InChI=1S/C21H27N7O2S/c1-31(29,30)13-14-10-17(4-5-18(14)27-9-7-15(22)12-27)24-19-11-21(25-16-2-3-16)28-20(26-19)6-8-23-28/h4-6,8,10-11,15-16,25H,2-3,7,9,12-13,22H2,1H3,(H,24,26)/t15-/m0/s1. The molecular weight excluding hydrogens is 414 g/mol. The van der Waals surface area contributed by atoms with Gasteiger partial charge in [-0.05, 0) is 43.0 Å². The molecule has 1 aromatic carbocycles. The maximum Gasteiger partial charge on any atom is 0.159 e. The van der Waals surface area contributed by atoms with Gasteiger partial charge < -0.3 is 21.3 Å². The molecule has 0 bridgehead atoms. The fourth-order valence-electron chi connectivity index (χ4n) is 4.04. The fraction of sp³-hybridized carbons (Fsp3) is 0.429. The lowest BCUT2D eigenvalue weighted by molar-refractivity contribution is 0.601. The number of rotatable bonds is 7. The molecular formula is C21H27N7O2S. The van der Waals surface area contributed by atoms with Crippen LogP contribution in [0.2, 0.25) is 0 Å². The van der Waals surface area contributed by atoms with Gasteiger partial charge in [-0.15, -0.1) is 0 Å². The zero-order valence-corrected chi connectivity index (χ0v) is 18.3. The number of nitrogens with one attached hydrogen (secondary N) is 2. The number of nitrogens with zero attached hydrogens (tertiary/aromatic N) is 4. The van der Waals surface area contributed by atoms with Crippen LogP contribution >= 0.6 is 0 Å². The maximum atomic E-state index is 12.1. The number of hydrogen-bond donors (Lipinski definition) is 3. The van der Waals surface area contributed by atoms with Crippen molar-refractivity contribution in [3.63, 3.8) is 0 Å². The third kappa shape index (κ3) is 4.59. The lowest BCUT2D eigenvalue weighted by atomic mass is 10.1. The minimum atomic E-state index is -3.19. The first-order valence-corrected chi connectivity index (χ1v) is 12.6. The van der Waals surface area contributed by atoms with E-state index in [1.54, 1.807) is 10.7 Å². The fourth-order valence-corrected chi connectivity index (χ4v) is 4.84. The van der Waals surface area contributed by atoms with Crippen LogP contribution < -0.4 is 21.3 Å². The van der Waals surface area contributed by atoms with Gasteiger partial charge in [0.2, 0.25) is 0 Å². The summed E-state index contributed by atoms with van der Waals surface area (Å²) < 4.78 is 25.9. The van der Waals surface area contributed by atoms with Crippen LogP contribution in [0.3, 0.4) is 0 Å². The van der Waals surface area contributed by atoms with Crippen molar-refractivity contribution in [2.75, 3.05) is 34.9 Å². The molecule has 10 heteroatoms. The highest BCUT2D eigenvalue weighted by molar-refractivity contribution is 7.89. The minimum Gasteiger partial charge on any atom is -0.370 e. The second-order valence-corrected chi connectivity index (χ2v) is 10.7. The average Bonchev–Trinajstić information content (AvgIpc) is 3.19. The van der Waals surface area contributed by atoms with E-state index in [0.717, 1.165) is 60.8 Å². The van der Waals surface area contributed by atoms with E-state index in [0.29, 0.717) is 11.9 Å². The predicted octanol–water partition coefficient (Wildman–Crippen LogP) is 2.13. The normalized spacial score (nSPS) is 19.2. The summed E-state index contributed by atoms with van der Waals surface area (Å²) in [7, 11) is -3.19. The molecule has 2 fully saturated rings. The maximum absolute atomic E-state index is 12.1. The molecule has 1 atom stereocenters. The van der Waals surface area contributed by atoms with Crippen LogP contribution in [-0.4, -0.2) is 54.4 Å². The molecule has 9 nitrogen and oxygen atoms in total. The van der Waals surface area contributed by atoms with Crippen molar-refractivity contribution in [2.24, 2.45) is 5.73 Å². The molecule has 164 valence electrons. The third-order valence-electron chi connectivity index (χ3n) is 5.62. The molecule has 4 N–H and O–H groups in total. The van der Waals surface area contributed by atoms with Crippen LogP contribution in [0.5, 0.6) is 0 Å². The summed E-state index contributed by atoms with van der Waals surface area (Å²) in [5.74, 6) is 1.55. The van der Waals surface area contributed by atoms with Gasteiger partial charge in [-0.25, -0.2) is 13.4 Å². The Morgan fingerprint density at radius 1 is 1.19 bits per heavy atom. The van der Waals surface area contributed by atoms with Crippen molar-refractivity contribution >= 4 is 38.5 Å². The molecule has 0 radical (unpaired) electrons. The van der Waals surface area contributed by atoms with Crippen molar-refractivity contribution in [3.8, 4) is 0 Å². The molecule has 5 rings (SSSR count). The van der Waals surface area contributed by atoms with Crippen molar-refractivity contribution < 1.29 is 8.42 Å². The Morgan fingerprint density at radius 2 is 2.03 bits per heavy atom. The van der Waals surface area contributed by atoms with Crippen LogP contribution in [0, 0.1) is 0 Å². The van der Waals surface area contributed by atoms with Crippen molar-refractivity contribution in [1.82, 2.24) is 14.6 Å². The lowest BCUT2D eigenvalue weighted by Crippen LogP contribution is -2.27. The number of nitrogens with two attached hydrogens (primary N) is 1. The number of hydrogen-bond acceptors (Lipinski definition) is 8. The summed E-state index contributed by atoms with van der Waals surface area (Å²) in [6, 6.07) is 10.2. The van der Waals surface area contributed by atoms with E-state index in [2.05, 4.69) is 25.6 Å². The quantitative estimate of drug-likeness (QED) is 0.510. The first-order valence-electron chi connectivity index (χ1n) is 10.5. The topological polar surface area (TPSA) is 118 Å². The lowest BCUT2D eigenvalue weighted by Gasteiger charge is -2.22. The van der Waals surface area contributed by atoms with Gasteiger partial charge in [0.15, 0.2) is 15.5 Å². The van der Waals surface area contributed by atoms with Gasteiger partial charge in [-0.3, -0.25) is 0 Å². The van der Waals surface area contributed by atoms with E-state index in [9.17, 15) is 8.42 Å². The molecule has 0 spiro atoms. The third-order valence-corrected chi connectivity index (χ3v) is 6.46.